The maximum absolute atomic E-state index is 11.9. The molecule has 0 radical (unpaired) electrons. The van der Waals surface area contributed by atoms with E-state index < -0.39 is 11.8 Å². The smallest absolute Gasteiger partial charge is 0.313 e. The van der Waals surface area contributed by atoms with Crippen LogP contribution in [0.4, 0.5) is 11.4 Å². The number of hydrogen-bond donors (Lipinski definition) is 2. The lowest BCUT2D eigenvalue weighted by Crippen LogP contribution is -2.36. The number of amides is 2. The van der Waals surface area contributed by atoms with Crippen LogP contribution in [0.15, 0.2) is 48.5 Å². The average molecular weight is 339 g/mol. The standard InChI is InChI=1S/C20H25N3O2/c1-15-6-4-8-17(14-15)22-20(25)19(24)21-13-5-7-16-9-11-18(12-10-16)23(2)3/h4,6,8-12,14H,5,7,13H2,1-3H3,(H,21,24)(H,22,25). The van der Waals surface area contributed by atoms with E-state index in [2.05, 4.69) is 39.8 Å². The second-order valence-corrected chi connectivity index (χ2v) is 6.24. The molecule has 0 aliphatic heterocycles. The molecule has 0 aliphatic carbocycles. The summed E-state index contributed by atoms with van der Waals surface area (Å²) in [7, 11) is 4.01. The molecule has 0 heterocycles. The maximum Gasteiger partial charge on any atom is 0.313 e. The molecule has 0 atom stereocenters. The fourth-order valence-electron chi connectivity index (χ4n) is 2.45. The number of nitrogens with zero attached hydrogens (tertiary/aromatic N) is 1. The van der Waals surface area contributed by atoms with Crippen molar-refractivity contribution in [1.29, 1.82) is 0 Å². The second-order valence-electron chi connectivity index (χ2n) is 6.24. The zero-order valence-electron chi connectivity index (χ0n) is 15.0. The Balaban J connectivity index is 1.71. The van der Waals surface area contributed by atoms with Crippen LogP contribution in [-0.2, 0) is 16.0 Å². The van der Waals surface area contributed by atoms with Crippen LogP contribution in [0.2, 0.25) is 0 Å². The fraction of sp³-hybridized carbons (Fsp3) is 0.300. The zero-order chi connectivity index (χ0) is 18.2. The van der Waals surface area contributed by atoms with Gasteiger partial charge in [-0.15, -0.1) is 0 Å². The highest BCUT2D eigenvalue weighted by atomic mass is 16.2. The molecule has 0 fully saturated rings. The summed E-state index contributed by atoms with van der Waals surface area (Å²) in [6.07, 6.45) is 1.64. The first-order valence-corrected chi connectivity index (χ1v) is 8.38. The Morgan fingerprint density at radius 2 is 1.72 bits per heavy atom. The molecule has 2 amide bonds. The highest BCUT2D eigenvalue weighted by Gasteiger charge is 2.12. The number of carbonyl (C=O) groups excluding carboxylic acids is 2. The van der Waals surface area contributed by atoms with Crippen molar-refractivity contribution >= 4 is 23.2 Å². The van der Waals surface area contributed by atoms with Crippen molar-refractivity contribution in [2.75, 3.05) is 30.9 Å². The number of rotatable bonds is 6. The number of carbonyl (C=O) groups is 2. The number of aryl methyl sites for hydroxylation is 2. The third-order valence-electron chi connectivity index (χ3n) is 3.86. The zero-order valence-corrected chi connectivity index (χ0v) is 15.0. The van der Waals surface area contributed by atoms with Gasteiger partial charge in [-0.05, 0) is 55.2 Å². The molecule has 0 spiro atoms. The number of nitrogens with one attached hydrogen (secondary N) is 2. The van der Waals surface area contributed by atoms with Gasteiger partial charge in [0, 0.05) is 32.0 Å². The van der Waals surface area contributed by atoms with Crippen molar-refractivity contribution in [3.8, 4) is 0 Å². The summed E-state index contributed by atoms with van der Waals surface area (Å²) in [5.74, 6) is -1.25. The van der Waals surface area contributed by atoms with Crippen LogP contribution in [0, 0.1) is 6.92 Å². The van der Waals surface area contributed by atoms with E-state index in [0.717, 1.165) is 24.1 Å². The Hall–Kier alpha value is -2.82. The largest absolute Gasteiger partial charge is 0.378 e. The van der Waals surface area contributed by atoms with Crippen LogP contribution in [0.25, 0.3) is 0 Å². The van der Waals surface area contributed by atoms with Gasteiger partial charge < -0.3 is 15.5 Å². The highest BCUT2D eigenvalue weighted by Crippen LogP contribution is 2.13. The fourth-order valence-corrected chi connectivity index (χ4v) is 2.45. The van der Waals surface area contributed by atoms with E-state index in [1.54, 1.807) is 6.07 Å². The molecule has 5 heteroatoms. The summed E-state index contributed by atoms with van der Waals surface area (Å²) in [6.45, 7) is 2.40. The molecule has 2 aromatic rings. The summed E-state index contributed by atoms with van der Waals surface area (Å²) in [4.78, 5) is 25.7. The molecule has 2 N–H and O–H groups in total. The molecule has 132 valence electrons. The van der Waals surface area contributed by atoms with E-state index in [1.807, 2.05) is 39.2 Å². The predicted molar refractivity (Wildman–Crippen MR) is 102 cm³/mol. The van der Waals surface area contributed by atoms with Gasteiger partial charge in [0.2, 0.25) is 0 Å². The Morgan fingerprint density at radius 3 is 2.36 bits per heavy atom. The van der Waals surface area contributed by atoms with Crippen LogP contribution in [0.5, 0.6) is 0 Å². The van der Waals surface area contributed by atoms with E-state index in [4.69, 9.17) is 0 Å². The lowest BCUT2D eigenvalue weighted by atomic mass is 10.1. The average Bonchev–Trinajstić information content (AvgIpc) is 2.59. The van der Waals surface area contributed by atoms with Crippen LogP contribution >= 0.6 is 0 Å². The Morgan fingerprint density at radius 1 is 1.00 bits per heavy atom. The van der Waals surface area contributed by atoms with Crippen molar-refractivity contribution in [2.24, 2.45) is 0 Å². The third-order valence-corrected chi connectivity index (χ3v) is 3.86. The minimum absolute atomic E-state index is 0.468. The summed E-state index contributed by atoms with van der Waals surface area (Å²) in [5, 5.41) is 5.26. The topological polar surface area (TPSA) is 61.4 Å². The van der Waals surface area contributed by atoms with Gasteiger partial charge in [-0.3, -0.25) is 9.59 Å². The Labute approximate surface area is 149 Å². The van der Waals surface area contributed by atoms with E-state index in [0.29, 0.717) is 12.2 Å². The van der Waals surface area contributed by atoms with Gasteiger partial charge in [-0.2, -0.15) is 0 Å². The molecular formula is C20H25N3O2. The molecule has 2 aromatic carbocycles. The SMILES string of the molecule is Cc1cccc(NC(=O)C(=O)NCCCc2ccc(N(C)C)cc2)c1. The monoisotopic (exact) mass is 339 g/mol. The van der Waals surface area contributed by atoms with Crippen LogP contribution < -0.4 is 15.5 Å². The van der Waals surface area contributed by atoms with Crippen molar-refractivity contribution in [3.05, 3.63) is 59.7 Å². The molecule has 0 aromatic heterocycles. The molecule has 0 saturated carbocycles. The maximum atomic E-state index is 11.9. The molecule has 0 unspecified atom stereocenters. The first kappa shape index (κ1) is 18.5. The minimum atomic E-state index is -0.638. The first-order valence-electron chi connectivity index (χ1n) is 8.38. The number of benzene rings is 2. The van der Waals surface area contributed by atoms with Crippen LogP contribution in [0.1, 0.15) is 17.5 Å². The van der Waals surface area contributed by atoms with Crippen LogP contribution in [0.3, 0.4) is 0 Å². The van der Waals surface area contributed by atoms with Crippen molar-refractivity contribution in [2.45, 2.75) is 19.8 Å². The van der Waals surface area contributed by atoms with Gasteiger partial charge >= 0.3 is 11.8 Å². The summed E-state index contributed by atoms with van der Waals surface area (Å²) >= 11 is 0. The normalized spacial score (nSPS) is 10.2. The molecule has 2 rings (SSSR count). The van der Waals surface area contributed by atoms with E-state index in [1.165, 1.54) is 5.56 Å². The lowest BCUT2D eigenvalue weighted by Gasteiger charge is -2.12. The molecule has 0 saturated heterocycles. The second kappa shape index (κ2) is 8.87. The Kier molecular flexibility index (Phi) is 6.57. The Bertz CT molecular complexity index is 724. The number of hydrogen-bond acceptors (Lipinski definition) is 3. The summed E-state index contributed by atoms with van der Waals surface area (Å²) in [6, 6.07) is 15.7. The quantitative estimate of drug-likeness (QED) is 0.628. The van der Waals surface area contributed by atoms with Crippen molar-refractivity contribution in [1.82, 2.24) is 5.32 Å². The van der Waals surface area contributed by atoms with Gasteiger partial charge in [0.1, 0.15) is 0 Å². The van der Waals surface area contributed by atoms with Gasteiger partial charge in [-0.25, -0.2) is 0 Å². The molecule has 5 nitrogen and oxygen atoms in total. The minimum Gasteiger partial charge on any atom is -0.378 e. The molecule has 25 heavy (non-hydrogen) atoms. The van der Waals surface area contributed by atoms with E-state index in [9.17, 15) is 9.59 Å². The summed E-state index contributed by atoms with van der Waals surface area (Å²) < 4.78 is 0. The third kappa shape index (κ3) is 5.95. The summed E-state index contributed by atoms with van der Waals surface area (Å²) in [5.41, 5.74) is 4.02. The van der Waals surface area contributed by atoms with Gasteiger partial charge in [0.15, 0.2) is 0 Å². The van der Waals surface area contributed by atoms with Gasteiger partial charge in [0.25, 0.3) is 0 Å². The molecule has 0 aliphatic rings. The molecular weight excluding hydrogens is 314 g/mol. The van der Waals surface area contributed by atoms with E-state index >= 15 is 0 Å². The van der Waals surface area contributed by atoms with Crippen LogP contribution in [-0.4, -0.2) is 32.5 Å². The van der Waals surface area contributed by atoms with Crippen molar-refractivity contribution in [3.63, 3.8) is 0 Å². The first-order chi connectivity index (χ1) is 12.0. The molecule has 0 bridgehead atoms. The van der Waals surface area contributed by atoms with Crippen molar-refractivity contribution < 1.29 is 9.59 Å². The van der Waals surface area contributed by atoms with Gasteiger partial charge in [0.05, 0.1) is 0 Å². The lowest BCUT2D eigenvalue weighted by molar-refractivity contribution is -0.136. The van der Waals surface area contributed by atoms with Gasteiger partial charge in [-0.1, -0.05) is 24.3 Å². The van der Waals surface area contributed by atoms with E-state index in [-0.39, 0.29) is 0 Å². The predicted octanol–water partition coefficient (Wildman–Crippen LogP) is 2.75. The highest BCUT2D eigenvalue weighted by molar-refractivity contribution is 6.39. The number of anilines is 2.